The molecule has 1 aliphatic carbocycles. The van der Waals surface area contributed by atoms with E-state index in [0.29, 0.717) is 25.5 Å². The van der Waals surface area contributed by atoms with E-state index < -0.39 is 0 Å². The van der Waals surface area contributed by atoms with Crippen LogP contribution in [0.2, 0.25) is 0 Å². The molecular weight excluding hydrogens is 214 g/mol. The summed E-state index contributed by atoms with van der Waals surface area (Å²) in [6.45, 7) is 2.21. The number of halogens is 1. The predicted octanol–water partition coefficient (Wildman–Crippen LogP) is 1.89. The Morgan fingerprint density at radius 3 is 2.87 bits per heavy atom. The van der Waals surface area contributed by atoms with Crippen LogP contribution in [0.5, 0.6) is 0 Å². The van der Waals surface area contributed by atoms with Crippen molar-refractivity contribution in [3.63, 3.8) is 0 Å². The molecule has 0 aromatic heterocycles. The van der Waals surface area contributed by atoms with Crippen molar-refractivity contribution in [3.05, 3.63) is 0 Å². The van der Waals surface area contributed by atoms with E-state index in [1.165, 1.54) is 12.8 Å². The second-order valence-corrected chi connectivity index (χ2v) is 4.50. The maximum absolute atomic E-state index is 11.5. The van der Waals surface area contributed by atoms with Gasteiger partial charge in [0.15, 0.2) is 0 Å². The smallest absolute Gasteiger partial charge is 0.222 e. The van der Waals surface area contributed by atoms with Crippen LogP contribution in [0.1, 0.15) is 25.7 Å². The molecule has 3 nitrogen and oxygen atoms in total. The highest BCUT2D eigenvalue weighted by molar-refractivity contribution is 6.17. The highest BCUT2D eigenvalue weighted by Gasteiger charge is 2.21. The van der Waals surface area contributed by atoms with E-state index in [1.807, 2.05) is 7.05 Å². The van der Waals surface area contributed by atoms with Gasteiger partial charge < -0.3 is 9.64 Å². The van der Waals surface area contributed by atoms with E-state index in [4.69, 9.17) is 16.3 Å². The summed E-state index contributed by atoms with van der Waals surface area (Å²) in [6, 6.07) is 0. The quantitative estimate of drug-likeness (QED) is 0.473. The molecule has 0 spiro atoms. The minimum atomic E-state index is 0.158. The molecule has 0 N–H and O–H groups in total. The van der Waals surface area contributed by atoms with E-state index >= 15 is 0 Å². The summed E-state index contributed by atoms with van der Waals surface area (Å²) < 4.78 is 5.46. The standard InChI is InChI=1S/C11H20ClNO2/c1-13(11(14)3-2-6-12)7-8-15-9-10-4-5-10/h10H,2-9H2,1H3. The molecule has 0 saturated heterocycles. The Morgan fingerprint density at radius 2 is 2.27 bits per heavy atom. The number of rotatable bonds is 8. The van der Waals surface area contributed by atoms with Gasteiger partial charge in [-0.3, -0.25) is 4.79 Å². The fourth-order valence-corrected chi connectivity index (χ4v) is 1.40. The zero-order chi connectivity index (χ0) is 11.1. The van der Waals surface area contributed by atoms with E-state index in [-0.39, 0.29) is 5.91 Å². The van der Waals surface area contributed by atoms with Gasteiger partial charge in [0.25, 0.3) is 0 Å². The second-order valence-electron chi connectivity index (χ2n) is 4.13. The summed E-state index contributed by atoms with van der Waals surface area (Å²) in [5.74, 6) is 1.51. The maximum atomic E-state index is 11.5. The first kappa shape index (κ1) is 12.8. The summed E-state index contributed by atoms with van der Waals surface area (Å²) in [6.07, 6.45) is 3.92. The lowest BCUT2D eigenvalue weighted by Crippen LogP contribution is -2.30. The molecule has 1 rings (SSSR count). The number of hydrogen-bond acceptors (Lipinski definition) is 2. The summed E-state index contributed by atoms with van der Waals surface area (Å²) in [4.78, 5) is 13.2. The SMILES string of the molecule is CN(CCOCC1CC1)C(=O)CCCCl. The number of carbonyl (C=O) groups is 1. The van der Waals surface area contributed by atoms with Crippen LogP contribution in [0.25, 0.3) is 0 Å². The highest BCUT2D eigenvalue weighted by atomic mass is 35.5. The first-order valence-electron chi connectivity index (χ1n) is 5.61. The van der Waals surface area contributed by atoms with Gasteiger partial charge in [0.1, 0.15) is 0 Å². The van der Waals surface area contributed by atoms with Crippen molar-refractivity contribution in [1.82, 2.24) is 4.90 Å². The molecular formula is C11H20ClNO2. The first-order valence-corrected chi connectivity index (χ1v) is 6.15. The number of nitrogens with zero attached hydrogens (tertiary/aromatic N) is 1. The molecule has 1 saturated carbocycles. The van der Waals surface area contributed by atoms with Crippen molar-refractivity contribution < 1.29 is 9.53 Å². The largest absolute Gasteiger partial charge is 0.379 e. The minimum Gasteiger partial charge on any atom is -0.379 e. The normalized spacial score (nSPS) is 15.3. The van der Waals surface area contributed by atoms with Gasteiger partial charge in [-0.05, 0) is 25.2 Å². The van der Waals surface area contributed by atoms with Gasteiger partial charge in [-0.25, -0.2) is 0 Å². The number of likely N-dealkylation sites (N-methyl/N-ethyl adjacent to an activating group) is 1. The van der Waals surface area contributed by atoms with E-state index in [9.17, 15) is 4.79 Å². The summed E-state index contributed by atoms with van der Waals surface area (Å²) in [5.41, 5.74) is 0. The molecule has 0 aromatic carbocycles. The number of carbonyl (C=O) groups excluding carboxylic acids is 1. The summed E-state index contributed by atoms with van der Waals surface area (Å²) in [7, 11) is 1.82. The number of amides is 1. The maximum Gasteiger partial charge on any atom is 0.222 e. The zero-order valence-corrected chi connectivity index (χ0v) is 10.1. The third-order valence-electron chi connectivity index (χ3n) is 2.57. The Bertz CT molecular complexity index is 195. The average Bonchev–Trinajstić information content (AvgIpc) is 3.04. The molecule has 4 heteroatoms. The fourth-order valence-electron chi connectivity index (χ4n) is 1.27. The van der Waals surface area contributed by atoms with E-state index in [2.05, 4.69) is 0 Å². The minimum absolute atomic E-state index is 0.158. The Balaban J connectivity index is 1.95. The van der Waals surface area contributed by atoms with Gasteiger partial charge >= 0.3 is 0 Å². The number of alkyl halides is 1. The molecule has 0 atom stereocenters. The molecule has 1 amide bonds. The van der Waals surface area contributed by atoms with Gasteiger partial charge in [-0.2, -0.15) is 0 Å². The van der Waals surface area contributed by atoms with Crippen LogP contribution in [0.3, 0.4) is 0 Å². The van der Waals surface area contributed by atoms with Crippen LogP contribution in [0.15, 0.2) is 0 Å². The van der Waals surface area contributed by atoms with Crippen molar-refractivity contribution in [1.29, 1.82) is 0 Å². The summed E-state index contributed by atoms with van der Waals surface area (Å²) in [5, 5.41) is 0. The van der Waals surface area contributed by atoms with Crippen molar-refractivity contribution in [2.45, 2.75) is 25.7 Å². The lowest BCUT2D eigenvalue weighted by atomic mass is 10.3. The van der Waals surface area contributed by atoms with Crippen LogP contribution in [0.4, 0.5) is 0 Å². The van der Waals surface area contributed by atoms with E-state index in [1.54, 1.807) is 4.90 Å². The number of hydrogen-bond donors (Lipinski definition) is 0. The second kappa shape index (κ2) is 7.07. The fraction of sp³-hybridized carbons (Fsp3) is 0.909. The topological polar surface area (TPSA) is 29.5 Å². The lowest BCUT2D eigenvalue weighted by Gasteiger charge is -2.16. The lowest BCUT2D eigenvalue weighted by molar-refractivity contribution is -0.130. The van der Waals surface area contributed by atoms with Gasteiger partial charge in [-0.15, -0.1) is 11.6 Å². The van der Waals surface area contributed by atoms with Crippen LogP contribution in [0, 0.1) is 5.92 Å². The van der Waals surface area contributed by atoms with Gasteiger partial charge in [0.2, 0.25) is 5.91 Å². The van der Waals surface area contributed by atoms with Crippen LogP contribution < -0.4 is 0 Å². The number of ether oxygens (including phenoxy) is 1. The van der Waals surface area contributed by atoms with E-state index in [0.717, 1.165) is 18.9 Å². The third-order valence-corrected chi connectivity index (χ3v) is 2.84. The molecule has 0 radical (unpaired) electrons. The van der Waals surface area contributed by atoms with Crippen molar-refractivity contribution in [2.24, 2.45) is 5.92 Å². The predicted molar refractivity (Wildman–Crippen MR) is 61.1 cm³/mol. The van der Waals surface area contributed by atoms with Crippen LogP contribution >= 0.6 is 11.6 Å². The molecule has 0 unspecified atom stereocenters. The molecule has 1 fully saturated rings. The average molecular weight is 234 g/mol. The van der Waals surface area contributed by atoms with Gasteiger partial charge in [0, 0.05) is 32.5 Å². The Labute approximate surface area is 96.7 Å². The Kier molecular flexibility index (Phi) is 6.03. The molecule has 0 bridgehead atoms. The highest BCUT2D eigenvalue weighted by Crippen LogP contribution is 2.28. The zero-order valence-electron chi connectivity index (χ0n) is 9.38. The summed E-state index contributed by atoms with van der Waals surface area (Å²) >= 11 is 5.52. The molecule has 0 aromatic rings. The van der Waals surface area contributed by atoms with Crippen molar-refractivity contribution in [2.75, 3.05) is 32.7 Å². The monoisotopic (exact) mass is 233 g/mol. The molecule has 0 heterocycles. The first-order chi connectivity index (χ1) is 7.24. The molecule has 88 valence electrons. The van der Waals surface area contributed by atoms with Crippen molar-refractivity contribution >= 4 is 17.5 Å². The van der Waals surface area contributed by atoms with Crippen LogP contribution in [-0.4, -0.2) is 43.5 Å². The Hall–Kier alpha value is -0.280. The molecule has 1 aliphatic rings. The van der Waals surface area contributed by atoms with Gasteiger partial charge in [-0.1, -0.05) is 0 Å². The van der Waals surface area contributed by atoms with Crippen LogP contribution in [-0.2, 0) is 9.53 Å². The Morgan fingerprint density at radius 1 is 1.53 bits per heavy atom. The third kappa shape index (κ3) is 6.00. The van der Waals surface area contributed by atoms with Gasteiger partial charge in [0.05, 0.1) is 6.61 Å². The van der Waals surface area contributed by atoms with Crippen molar-refractivity contribution in [3.8, 4) is 0 Å². The molecule has 0 aliphatic heterocycles. The molecule has 15 heavy (non-hydrogen) atoms.